The molecule has 30 heavy (non-hydrogen) atoms. The van der Waals surface area contributed by atoms with Gasteiger partial charge in [0.25, 0.3) is 0 Å². The molecule has 2 heterocycles. The lowest BCUT2D eigenvalue weighted by atomic mass is 9.84. The SMILES string of the molecule is COc1ccc(C2CN(C)Cc3cc(OCC4CCN(CCF)CC4)ccc32)cc1. The Morgan fingerprint density at radius 3 is 2.47 bits per heavy atom. The van der Waals surface area contributed by atoms with Crippen LogP contribution in [0.3, 0.4) is 0 Å². The maximum Gasteiger partial charge on any atom is 0.119 e. The van der Waals surface area contributed by atoms with E-state index >= 15 is 0 Å². The van der Waals surface area contributed by atoms with Crippen LogP contribution in [-0.2, 0) is 6.54 Å². The van der Waals surface area contributed by atoms with Crippen molar-refractivity contribution in [3.8, 4) is 11.5 Å². The van der Waals surface area contributed by atoms with Crippen LogP contribution in [0.25, 0.3) is 0 Å². The third-order valence-electron chi connectivity index (χ3n) is 6.54. The largest absolute Gasteiger partial charge is 0.497 e. The Labute approximate surface area is 179 Å². The van der Waals surface area contributed by atoms with E-state index < -0.39 is 0 Å². The number of likely N-dealkylation sites (tertiary alicyclic amines) is 1. The molecule has 4 rings (SSSR count). The zero-order chi connectivity index (χ0) is 20.9. The number of hydrogen-bond acceptors (Lipinski definition) is 4. The molecule has 2 aliphatic heterocycles. The summed E-state index contributed by atoms with van der Waals surface area (Å²) in [5, 5.41) is 0. The van der Waals surface area contributed by atoms with E-state index in [1.54, 1.807) is 7.11 Å². The van der Waals surface area contributed by atoms with Gasteiger partial charge in [-0.3, -0.25) is 0 Å². The molecule has 2 aromatic carbocycles. The van der Waals surface area contributed by atoms with Crippen molar-refractivity contribution in [1.82, 2.24) is 9.80 Å². The van der Waals surface area contributed by atoms with Gasteiger partial charge in [0.1, 0.15) is 18.2 Å². The molecular formula is C25H33FN2O2. The second kappa shape index (κ2) is 9.80. The van der Waals surface area contributed by atoms with Gasteiger partial charge in [-0.25, -0.2) is 4.39 Å². The van der Waals surface area contributed by atoms with Crippen LogP contribution in [0, 0.1) is 5.92 Å². The van der Waals surface area contributed by atoms with Crippen molar-refractivity contribution in [3.63, 3.8) is 0 Å². The lowest BCUT2D eigenvalue weighted by Gasteiger charge is -2.33. The maximum atomic E-state index is 12.5. The number of benzene rings is 2. The molecule has 1 fully saturated rings. The second-order valence-corrected chi connectivity index (χ2v) is 8.67. The lowest BCUT2D eigenvalue weighted by molar-refractivity contribution is 0.135. The van der Waals surface area contributed by atoms with Crippen molar-refractivity contribution >= 4 is 0 Å². The predicted octanol–water partition coefficient (Wildman–Crippen LogP) is 4.33. The van der Waals surface area contributed by atoms with E-state index in [0.29, 0.717) is 18.4 Å². The summed E-state index contributed by atoms with van der Waals surface area (Å²) < 4.78 is 24.0. The smallest absolute Gasteiger partial charge is 0.119 e. The van der Waals surface area contributed by atoms with Gasteiger partial charge >= 0.3 is 0 Å². The molecule has 0 radical (unpaired) electrons. The first kappa shape index (κ1) is 21.1. The molecule has 0 spiro atoms. The summed E-state index contributed by atoms with van der Waals surface area (Å²) in [6.45, 7) is 4.99. The molecule has 5 heteroatoms. The molecule has 2 aromatic rings. The van der Waals surface area contributed by atoms with Crippen LogP contribution in [0.5, 0.6) is 11.5 Å². The van der Waals surface area contributed by atoms with Gasteiger partial charge in [-0.05, 0) is 79.9 Å². The molecule has 0 bridgehead atoms. The van der Waals surface area contributed by atoms with Crippen LogP contribution in [0.4, 0.5) is 4.39 Å². The molecule has 162 valence electrons. The highest BCUT2D eigenvalue weighted by molar-refractivity contribution is 5.45. The maximum absolute atomic E-state index is 12.5. The van der Waals surface area contributed by atoms with Crippen LogP contribution < -0.4 is 9.47 Å². The molecule has 1 atom stereocenters. The number of fused-ring (bicyclic) bond motifs is 1. The molecule has 0 N–H and O–H groups in total. The molecule has 4 nitrogen and oxygen atoms in total. The van der Waals surface area contributed by atoms with Gasteiger partial charge in [-0.1, -0.05) is 18.2 Å². The highest BCUT2D eigenvalue weighted by Crippen LogP contribution is 2.35. The number of hydrogen-bond donors (Lipinski definition) is 0. The van der Waals surface area contributed by atoms with Crippen molar-refractivity contribution in [2.24, 2.45) is 5.92 Å². The zero-order valence-electron chi connectivity index (χ0n) is 18.1. The van der Waals surface area contributed by atoms with Crippen LogP contribution in [0.15, 0.2) is 42.5 Å². The Morgan fingerprint density at radius 1 is 1.03 bits per heavy atom. The van der Waals surface area contributed by atoms with Crippen LogP contribution in [-0.4, -0.2) is 63.4 Å². The first-order chi connectivity index (χ1) is 14.7. The van der Waals surface area contributed by atoms with E-state index in [1.807, 2.05) is 12.1 Å². The van der Waals surface area contributed by atoms with Gasteiger partial charge in [0, 0.05) is 25.6 Å². The van der Waals surface area contributed by atoms with Crippen molar-refractivity contribution < 1.29 is 13.9 Å². The number of nitrogens with zero attached hydrogens (tertiary/aromatic N) is 2. The molecule has 0 aliphatic carbocycles. The minimum Gasteiger partial charge on any atom is -0.497 e. The van der Waals surface area contributed by atoms with Crippen molar-refractivity contribution in [3.05, 3.63) is 59.2 Å². The first-order valence-electron chi connectivity index (χ1n) is 11.0. The molecule has 0 amide bonds. The summed E-state index contributed by atoms with van der Waals surface area (Å²) in [6.07, 6.45) is 2.18. The predicted molar refractivity (Wildman–Crippen MR) is 118 cm³/mol. The van der Waals surface area contributed by atoms with Crippen molar-refractivity contribution in [1.29, 1.82) is 0 Å². The molecule has 0 aromatic heterocycles. The van der Waals surface area contributed by atoms with Crippen LogP contribution >= 0.6 is 0 Å². The fourth-order valence-corrected chi connectivity index (χ4v) is 4.75. The second-order valence-electron chi connectivity index (χ2n) is 8.67. The van der Waals surface area contributed by atoms with E-state index in [-0.39, 0.29) is 6.67 Å². The summed E-state index contributed by atoms with van der Waals surface area (Å²) in [7, 11) is 3.88. The fraction of sp³-hybridized carbons (Fsp3) is 0.520. The minimum atomic E-state index is -0.248. The van der Waals surface area contributed by atoms with E-state index in [1.165, 1.54) is 16.7 Å². The zero-order valence-corrected chi connectivity index (χ0v) is 18.1. The summed E-state index contributed by atoms with van der Waals surface area (Å²) in [6, 6.07) is 15.0. The van der Waals surface area contributed by atoms with E-state index in [0.717, 1.165) is 57.1 Å². The topological polar surface area (TPSA) is 24.9 Å². The van der Waals surface area contributed by atoms with Crippen LogP contribution in [0.2, 0.25) is 0 Å². The van der Waals surface area contributed by atoms with E-state index in [2.05, 4.69) is 47.2 Å². The number of rotatable bonds is 7. The van der Waals surface area contributed by atoms with Gasteiger partial charge in [-0.15, -0.1) is 0 Å². The third kappa shape index (κ3) is 4.96. The lowest BCUT2D eigenvalue weighted by Crippen LogP contribution is -2.36. The quantitative estimate of drug-likeness (QED) is 0.676. The highest BCUT2D eigenvalue weighted by atomic mass is 19.1. The fourth-order valence-electron chi connectivity index (χ4n) is 4.75. The number of likely N-dealkylation sites (N-methyl/N-ethyl adjacent to an activating group) is 1. The number of methoxy groups -OCH3 is 1. The summed E-state index contributed by atoms with van der Waals surface area (Å²) in [5.74, 6) is 2.77. The molecular weight excluding hydrogens is 379 g/mol. The van der Waals surface area contributed by atoms with Crippen molar-refractivity contribution in [2.75, 3.05) is 53.6 Å². The van der Waals surface area contributed by atoms with E-state index in [9.17, 15) is 4.39 Å². The van der Waals surface area contributed by atoms with Gasteiger partial charge in [0.05, 0.1) is 13.7 Å². The number of alkyl halides is 1. The summed E-state index contributed by atoms with van der Waals surface area (Å²) in [5.41, 5.74) is 4.06. The van der Waals surface area contributed by atoms with Gasteiger partial charge in [0.15, 0.2) is 0 Å². The molecule has 1 saturated heterocycles. The minimum absolute atomic E-state index is 0.248. The first-order valence-corrected chi connectivity index (χ1v) is 11.0. The Kier molecular flexibility index (Phi) is 6.90. The van der Waals surface area contributed by atoms with Crippen molar-refractivity contribution in [2.45, 2.75) is 25.3 Å². The summed E-state index contributed by atoms with van der Waals surface area (Å²) in [4.78, 5) is 4.59. The number of halogens is 1. The molecule has 1 unspecified atom stereocenters. The number of piperidine rings is 1. The Bertz CT molecular complexity index is 818. The molecule has 0 saturated carbocycles. The Balaban J connectivity index is 1.41. The number of ether oxygens (including phenoxy) is 2. The average Bonchev–Trinajstić information content (AvgIpc) is 2.78. The summed E-state index contributed by atoms with van der Waals surface area (Å²) >= 11 is 0. The van der Waals surface area contributed by atoms with Gasteiger partial charge in [-0.2, -0.15) is 0 Å². The van der Waals surface area contributed by atoms with E-state index in [4.69, 9.17) is 9.47 Å². The van der Waals surface area contributed by atoms with Gasteiger partial charge in [0.2, 0.25) is 0 Å². The monoisotopic (exact) mass is 412 g/mol. The molecule has 2 aliphatic rings. The van der Waals surface area contributed by atoms with Gasteiger partial charge < -0.3 is 19.3 Å². The third-order valence-corrected chi connectivity index (χ3v) is 6.54. The average molecular weight is 413 g/mol. The normalized spacial score (nSPS) is 20.7. The van der Waals surface area contributed by atoms with Crippen LogP contribution in [0.1, 0.15) is 35.4 Å². The highest BCUT2D eigenvalue weighted by Gasteiger charge is 2.25. The Morgan fingerprint density at radius 2 is 1.77 bits per heavy atom. The standard InChI is InChI=1S/C25H33FN2O2/c1-27-16-21-15-23(30-18-19-9-12-28(13-10-19)14-11-26)7-8-24(21)25(17-27)20-3-5-22(29-2)6-4-20/h3-8,15,19,25H,9-14,16-18H2,1-2H3. The Hall–Kier alpha value is -2.11.